The zero-order valence-electron chi connectivity index (χ0n) is 21.7. The van der Waals surface area contributed by atoms with Gasteiger partial charge < -0.3 is 4.74 Å². The fourth-order valence-electron chi connectivity index (χ4n) is 7.15. The van der Waals surface area contributed by atoms with E-state index in [0.717, 1.165) is 24.8 Å². The summed E-state index contributed by atoms with van der Waals surface area (Å²) < 4.78 is 7.72. The first-order chi connectivity index (χ1) is 16.8. The topological polar surface area (TPSA) is 57.0 Å². The molecule has 3 aliphatic carbocycles. The molecule has 5 heteroatoms. The van der Waals surface area contributed by atoms with Crippen molar-refractivity contribution < 1.29 is 9.53 Å². The number of hydrogen-bond acceptors (Lipinski definition) is 4. The molecule has 1 aromatic carbocycles. The van der Waals surface area contributed by atoms with Gasteiger partial charge in [0.05, 0.1) is 18.2 Å². The number of esters is 1. The van der Waals surface area contributed by atoms with E-state index in [9.17, 15) is 4.79 Å². The second-order valence-electron chi connectivity index (χ2n) is 11.7. The van der Waals surface area contributed by atoms with Gasteiger partial charge >= 0.3 is 5.97 Å². The van der Waals surface area contributed by atoms with Crippen LogP contribution in [-0.4, -0.2) is 21.0 Å². The molecule has 0 radical (unpaired) electrons. The molecule has 0 unspecified atom stereocenters. The highest BCUT2D eigenvalue weighted by Crippen LogP contribution is 2.62. The summed E-state index contributed by atoms with van der Waals surface area (Å²) in [7, 11) is 0. The number of nitrogens with zero attached hydrogens (tertiary/aromatic N) is 3. The van der Waals surface area contributed by atoms with Crippen LogP contribution in [0.25, 0.3) is 0 Å². The van der Waals surface area contributed by atoms with Gasteiger partial charge in [0.25, 0.3) is 0 Å². The van der Waals surface area contributed by atoms with Crippen molar-refractivity contribution in [3.05, 3.63) is 71.1 Å². The van der Waals surface area contributed by atoms with Crippen molar-refractivity contribution >= 4 is 5.97 Å². The minimum absolute atomic E-state index is 0.0721. The Balaban J connectivity index is 1.28. The van der Waals surface area contributed by atoms with Crippen LogP contribution in [0.1, 0.15) is 77.5 Å². The summed E-state index contributed by atoms with van der Waals surface area (Å²) >= 11 is 0. The van der Waals surface area contributed by atoms with Crippen LogP contribution in [0.15, 0.2) is 59.8 Å². The predicted molar refractivity (Wildman–Crippen MR) is 137 cm³/mol. The Labute approximate surface area is 209 Å². The molecule has 4 atom stereocenters. The Kier molecular flexibility index (Phi) is 6.45. The highest BCUT2D eigenvalue weighted by atomic mass is 16.5. The lowest BCUT2D eigenvalue weighted by molar-refractivity contribution is -0.171. The van der Waals surface area contributed by atoms with Crippen LogP contribution >= 0.6 is 0 Å². The van der Waals surface area contributed by atoms with Gasteiger partial charge in [0.15, 0.2) is 0 Å². The molecule has 3 aliphatic rings. The molecule has 0 N–H and O–H groups in total. The van der Waals surface area contributed by atoms with Crippen LogP contribution in [0.4, 0.5) is 0 Å². The summed E-state index contributed by atoms with van der Waals surface area (Å²) in [6.07, 6.45) is 13.3. The third kappa shape index (κ3) is 4.50. The largest absolute Gasteiger partial charge is 0.459 e. The number of allylic oxidation sites excluding steroid dienone is 4. The highest BCUT2D eigenvalue weighted by molar-refractivity contribution is 5.77. The molecule has 1 fully saturated rings. The van der Waals surface area contributed by atoms with Gasteiger partial charge in [0, 0.05) is 0 Å². The van der Waals surface area contributed by atoms with Gasteiger partial charge in [-0.15, -0.1) is 5.10 Å². The molecule has 1 heterocycles. The van der Waals surface area contributed by atoms with Crippen LogP contribution in [-0.2, 0) is 22.7 Å². The fourth-order valence-corrected chi connectivity index (χ4v) is 7.15. The third-order valence-corrected chi connectivity index (χ3v) is 9.17. The number of ether oxygens (including phenoxy) is 1. The monoisotopic (exact) mass is 473 g/mol. The van der Waals surface area contributed by atoms with Gasteiger partial charge in [-0.05, 0) is 73.3 Å². The first kappa shape index (κ1) is 24.0. The number of carbonyl (C=O) groups excluding carboxylic acids is 1. The summed E-state index contributed by atoms with van der Waals surface area (Å²) in [6, 6.07) is 10.2. The summed E-state index contributed by atoms with van der Waals surface area (Å²) in [5.41, 5.74) is 4.64. The van der Waals surface area contributed by atoms with E-state index in [1.807, 2.05) is 24.4 Å². The quantitative estimate of drug-likeness (QED) is 0.449. The smallest absolute Gasteiger partial charge is 0.312 e. The third-order valence-electron chi connectivity index (χ3n) is 9.17. The first-order valence-electron chi connectivity index (χ1n) is 13.3. The molecule has 1 saturated carbocycles. The van der Waals surface area contributed by atoms with Crippen LogP contribution in [0.3, 0.4) is 0 Å². The molecule has 5 nitrogen and oxygen atoms in total. The first-order valence-corrected chi connectivity index (χ1v) is 13.3. The van der Waals surface area contributed by atoms with Gasteiger partial charge in [-0.1, -0.05) is 80.5 Å². The maximum atomic E-state index is 13.6. The van der Waals surface area contributed by atoms with E-state index in [-0.39, 0.29) is 18.0 Å². The molecular weight excluding hydrogens is 434 g/mol. The molecule has 1 aromatic heterocycles. The lowest BCUT2D eigenvalue weighted by Crippen LogP contribution is -2.53. The van der Waals surface area contributed by atoms with E-state index in [1.165, 1.54) is 24.8 Å². The fraction of sp³-hybridized carbons (Fsp3) is 0.567. The molecule has 0 aliphatic heterocycles. The molecule has 5 rings (SSSR count). The van der Waals surface area contributed by atoms with Gasteiger partial charge in [-0.2, -0.15) is 0 Å². The lowest BCUT2D eigenvalue weighted by Gasteiger charge is -2.57. The molecule has 186 valence electrons. The average Bonchev–Trinajstić information content (AvgIpc) is 3.29. The van der Waals surface area contributed by atoms with Crippen molar-refractivity contribution in [2.45, 2.75) is 79.4 Å². The SMILES string of the molecule is CC(C)C1=CC2=CC[C@@H]3[C@](C)(CCC[C@@]3(C)C(=O)OCc3cn(Cc4ccccc4)nn3)[C@H]2CC1. The van der Waals surface area contributed by atoms with Gasteiger partial charge in [0.1, 0.15) is 12.3 Å². The molecular formula is C30H39N3O2. The zero-order chi connectivity index (χ0) is 24.6. The van der Waals surface area contributed by atoms with Crippen LogP contribution < -0.4 is 0 Å². The normalized spacial score (nSPS) is 30.2. The van der Waals surface area contributed by atoms with Crippen molar-refractivity contribution in [3.63, 3.8) is 0 Å². The van der Waals surface area contributed by atoms with E-state index in [4.69, 9.17) is 4.74 Å². The maximum absolute atomic E-state index is 13.6. The standard InChI is InChI=1S/C30H39N3O2/c1-21(2)23-11-13-26-24(17-23)12-14-27-29(26,3)15-8-16-30(27,4)28(34)35-20-25-19-33(32-31-25)18-22-9-6-5-7-10-22/h5-7,9-10,12,17,19,21,26-27H,8,11,13-16,18,20H2,1-4H3/t26-,27+,29+,30+/m0/s1. The second kappa shape index (κ2) is 9.40. The Morgan fingerprint density at radius 3 is 2.77 bits per heavy atom. The molecule has 0 spiro atoms. The van der Waals surface area contributed by atoms with Crippen molar-refractivity contribution in [2.24, 2.45) is 28.6 Å². The van der Waals surface area contributed by atoms with Crippen molar-refractivity contribution in [1.29, 1.82) is 0 Å². The number of aromatic nitrogens is 3. The van der Waals surface area contributed by atoms with Crippen LogP contribution in [0.5, 0.6) is 0 Å². The Morgan fingerprint density at radius 2 is 2.00 bits per heavy atom. The average molecular weight is 474 g/mol. The number of benzene rings is 1. The summed E-state index contributed by atoms with van der Waals surface area (Å²) in [5.74, 6) is 1.40. The van der Waals surface area contributed by atoms with E-state index in [2.05, 4.69) is 62.3 Å². The summed E-state index contributed by atoms with van der Waals surface area (Å²) in [6.45, 7) is 10.0. The van der Waals surface area contributed by atoms with E-state index in [1.54, 1.807) is 10.3 Å². The van der Waals surface area contributed by atoms with E-state index in [0.29, 0.717) is 30.0 Å². The summed E-state index contributed by atoms with van der Waals surface area (Å²) in [4.78, 5) is 13.6. The van der Waals surface area contributed by atoms with E-state index >= 15 is 0 Å². The van der Waals surface area contributed by atoms with Crippen LogP contribution in [0.2, 0.25) is 0 Å². The number of fused-ring (bicyclic) bond motifs is 3. The highest BCUT2D eigenvalue weighted by Gasteiger charge is 2.57. The lowest BCUT2D eigenvalue weighted by atomic mass is 9.47. The van der Waals surface area contributed by atoms with Crippen molar-refractivity contribution in [1.82, 2.24) is 15.0 Å². The molecule has 0 amide bonds. The Hall–Kier alpha value is -2.69. The Bertz CT molecular complexity index is 1130. The molecule has 35 heavy (non-hydrogen) atoms. The zero-order valence-corrected chi connectivity index (χ0v) is 21.7. The Morgan fingerprint density at radius 1 is 1.20 bits per heavy atom. The molecule has 0 bridgehead atoms. The van der Waals surface area contributed by atoms with Crippen molar-refractivity contribution in [3.8, 4) is 0 Å². The maximum Gasteiger partial charge on any atom is 0.312 e. The number of rotatable bonds is 6. The number of carbonyl (C=O) groups is 1. The predicted octanol–water partition coefficient (Wildman–Crippen LogP) is 6.50. The van der Waals surface area contributed by atoms with Gasteiger partial charge in [0.2, 0.25) is 0 Å². The molecule has 0 saturated heterocycles. The minimum Gasteiger partial charge on any atom is -0.459 e. The van der Waals surface area contributed by atoms with Crippen LogP contribution in [0, 0.1) is 28.6 Å². The van der Waals surface area contributed by atoms with Gasteiger partial charge in [-0.25, -0.2) is 4.68 Å². The van der Waals surface area contributed by atoms with Crippen molar-refractivity contribution in [2.75, 3.05) is 0 Å². The number of hydrogen-bond donors (Lipinski definition) is 0. The molecule has 2 aromatic rings. The minimum atomic E-state index is -0.461. The second-order valence-corrected chi connectivity index (χ2v) is 11.7. The van der Waals surface area contributed by atoms with Gasteiger partial charge in [-0.3, -0.25) is 4.79 Å². The summed E-state index contributed by atoms with van der Waals surface area (Å²) in [5, 5.41) is 8.46. The van der Waals surface area contributed by atoms with E-state index < -0.39 is 5.41 Å².